The quantitative estimate of drug-likeness (QED) is 0.772. The largest absolute Gasteiger partial charge is 0.488 e. The van der Waals surface area contributed by atoms with Gasteiger partial charge in [-0.2, -0.15) is 0 Å². The van der Waals surface area contributed by atoms with Crippen LogP contribution in [0.25, 0.3) is 0 Å². The van der Waals surface area contributed by atoms with Gasteiger partial charge in [-0.05, 0) is 93.6 Å². The van der Waals surface area contributed by atoms with E-state index in [4.69, 9.17) is 10.5 Å². The van der Waals surface area contributed by atoms with Gasteiger partial charge in [-0.15, -0.1) is 0 Å². The number of halogens is 2. The van der Waals surface area contributed by atoms with E-state index in [1.165, 1.54) is 12.0 Å². The molecule has 3 unspecified atom stereocenters. The maximum Gasteiger partial charge on any atom is 0.148 e. The fourth-order valence-electron chi connectivity index (χ4n) is 2.81. The van der Waals surface area contributed by atoms with Crippen LogP contribution in [0, 0.1) is 11.8 Å². The molecule has 3 atom stereocenters. The van der Waals surface area contributed by atoms with Gasteiger partial charge in [-0.3, -0.25) is 0 Å². The molecule has 2 N–H and O–H groups in total. The summed E-state index contributed by atoms with van der Waals surface area (Å²) in [5, 5.41) is 0. The third-order valence-electron chi connectivity index (χ3n) is 4.33. The minimum atomic E-state index is 0.328. The van der Waals surface area contributed by atoms with Crippen molar-refractivity contribution in [1.29, 1.82) is 0 Å². The molecule has 0 saturated heterocycles. The van der Waals surface area contributed by atoms with Gasteiger partial charge in [-0.25, -0.2) is 0 Å². The van der Waals surface area contributed by atoms with E-state index in [1.807, 2.05) is 0 Å². The summed E-state index contributed by atoms with van der Waals surface area (Å²) in [7, 11) is 0. The highest BCUT2D eigenvalue weighted by Crippen LogP contribution is 2.38. The van der Waals surface area contributed by atoms with Crippen molar-refractivity contribution in [2.24, 2.45) is 17.6 Å². The minimum Gasteiger partial charge on any atom is -0.488 e. The van der Waals surface area contributed by atoms with Gasteiger partial charge < -0.3 is 10.5 Å². The monoisotopic (exact) mass is 403 g/mol. The first kappa shape index (κ1) is 16.3. The zero-order chi connectivity index (χ0) is 14.7. The maximum absolute atomic E-state index is 6.24. The van der Waals surface area contributed by atoms with E-state index in [9.17, 15) is 0 Å². The molecule has 1 aliphatic rings. The molecule has 1 saturated carbocycles. The first-order chi connectivity index (χ1) is 9.51. The lowest BCUT2D eigenvalue weighted by Gasteiger charge is -2.32. The van der Waals surface area contributed by atoms with Crippen LogP contribution in [-0.2, 0) is 6.42 Å². The van der Waals surface area contributed by atoms with Crippen LogP contribution < -0.4 is 10.5 Å². The second-order valence-electron chi connectivity index (χ2n) is 5.93. The summed E-state index contributed by atoms with van der Waals surface area (Å²) in [5.74, 6) is 2.48. The van der Waals surface area contributed by atoms with Gasteiger partial charge in [0.25, 0.3) is 0 Å². The van der Waals surface area contributed by atoms with Crippen molar-refractivity contribution >= 4 is 31.9 Å². The van der Waals surface area contributed by atoms with E-state index in [-0.39, 0.29) is 0 Å². The Hall–Kier alpha value is -0.0600. The van der Waals surface area contributed by atoms with Crippen LogP contribution in [0.15, 0.2) is 21.1 Å². The van der Waals surface area contributed by atoms with Crippen molar-refractivity contribution < 1.29 is 4.74 Å². The molecule has 1 aliphatic carbocycles. The zero-order valence-electron chi connectivity index (χ0n) is 12.2. The third-order valence-corrected chi connectivity index (χ3v) is 5.50. The number of ether oxygens (including phenoxy) is 1. The van der Waals surface area contributed by atoms with Crippen LogP contribution in [0.5, 0.6) is 5.75 Å². The van der Waals surface area contributed by atoms with E-state index in [2.05, 4.69) is 57.8 Å². The molecule has 1 aromatic carbocycles. The highest BCUT2D eigenvalue weighted by atomic mass is 79.9. The predicted octanol–water partition coefficient (Wildman–Crippen LogP) is 4.92. The Kier molecular flexibility index (Phi) is 5.94. The van der Waals surface area contributed by atoms with Crippen molar-refractivity contribution in [3.63, 3.8) is 0 Å². The van der Waals surface area contributed by atoms with E-state index in [1.54, 1.807) is 0 Å². The van der Waals surface area contributed by atoms with Gasteiger partial charge in [0.05, 0.1) is 15.0 Å². The first-order valence-corrected chi connectivity index (χ1v) is 8.94. The molecule has 0 radical (unpaired) electrons. The molecule has 0 heterocycles. The third kappa shape index (κ3) is 3.99. The van der Waals surface area contributed by atoms with Crippen LogP contribution >= 0.6 is 31.9 Å². The van der Waals surface area contributed by atoms with Crippen molar-refractivity contribution in [2.75, 3.05) is 6.54 Å². The van der Waals surface area contributed by atoms with Crippen molar-refractivity contribution in [3.05, 3.63) is 26.6 Å². The summed E-state index contributed by atoms with van der Waals surface area (Å²) in [6, 6.07) is 4.23. The molecule has 112 valence electrons. The highest BCUT2D eigenvalue weighted by Gasteiger charge is 2.26. The van der Waals surface area contributed by atoms with Gasteiger partial charge in [0.2, 0.25) is 0 Å². The molecular formula is C16H23Br2NO. The van der Waals surface area contributed by atoms with Crippen LogP contribution in [0.4, 0.5) is 0 Å². The predicted molar refractivity (Wildman–Crippen MR) is 91.2 cm³/mol. The van der Waals surface area contributed by atoms with Gasteiger partial charge in [0.15, 0.2) is 0 Å². The Labute approximate surface area is 138 Å². The Morgan fingerprint density at radius 2 is 1.80 bits per heavy atom. The number of benzene rings is 1. The Morgan fingerprint density at radius 3 is 2.35 bits per heavy atom. The Morgan fingerprint density at radius 1 is 1.15 bits per heavy atom. The average molecular weight is 405 g/mol. The minimum absolute atomic E-state index is 0.328. The Bertz CT molecular complexity index is 441. The molecule has 0 bridgehead atoms. The normalized spacial score (nSPS) is 26.6. The van der Waals surface area contributed by atoms with Crippen molar-refractivity contribution in [1.82, 2.24) is 0 Å². The maximum atomic E-state index is 6.24. The number of hydrogen-bond acceptors (Lipinski definition) is 2. The molecule has 1 aromatic rings. The summed E-state index contributed by atoms with van der Waals surface area (Å²) in [4.78, 5) is 0. The lowest BCUT2D eigenvalue weighted by atomic mass is 9.80. The van der Waals surface area contributed by atoms with Crippen LogP contribution in [0.2, 0.25) is 0 Å². The lowest BCUT2D eigenvalue weighted by Crippen LogP contribution is -2.29. The topological polar surface area (TPSA) is 35.2 Å². The van der Waals surface area contributed by atoms with E-state index in [0.29, 0.717) is 12.6 Å². The number of nitrogens with two attached hydrogens (primary N) is 1. The smallest absolute Gasteiger partial charge is 0.148 e. The fourth-order valence-corrected chi connectivity index (χ4v) is 4.28. The second kappa shape index (κ2) is 7.28. The van der Waals surface area contributed by atoms with E-state index in [0.717, 1.165) is 45.8 Å². The lowest BCUT2D eigenvalue weighted by molar-refractivity contribution is 0.0992. The summed E-state index contributed by atoms with van der Waals surface area (Å²) in [6.07, 6.45) is 4.76. The molecule has 0 amide bonds. The fraction of sp³-hybridized carbons (Fsp3) is 0.625. The summed E-state index contributed by atoms with van der Waals surface area (Å²) >= 11 is 7.25. The summed E-state index contributed by atoms with van der Waals surface area (Å²) in [6.45, 7) is 5.33. The van der Waals surface area contributed by atoms with Gasteiger partial charge >= 0.3 is 0 Å². The van der Waals surface area contributed by atoms with Crippen LogP contribution in [0.1, 0.15) is 38.7 Å². The standard InChI is InChI=1S/C16H23Br2NO/c1-10-3-4-13(7-11(10)2)20-16-14(17)8-12(5-6-19)9-15(16)18/h8-11,13H,3-7,19H2,1-2H3. The summed E-state index contributed by atoms with van der Waals surface area (Å²) < 4.78 is 8.27. The van der Waals surface area contributed by atoms with Gasteiger partial charge in [0, 0.05) is 0 Å². The molecule has 0 spiro atoms. The molecule has 2 rings (SSSR count). The van der Waals surface area contributed by atoms with E-state index < -0.39 is 0 Å². The van der Waals surface area contributed by atoms with Gasteiger partial charge in [0.1, 0.15) is 5.75 Å². The molecule has 2 nitrogen and oxygen atoms in total. The number of hydrogen-bond donors (Lipinski definition) is 1. The SMILES string of the molecule is CC1CCC(Oc2c(Br)cc(CCN)cc2Br)CC1C. The van der Waals surface area contributed by atoms with Crippen molar-refractivity contribution in [2.45, 2.75) is 45.6 Å². The second-order valence-corrected chi connectivity index (χ2v) is 7.64. The Balaban J connectivity index is 2.09. The molecular weight excluding hydrogens is 382 g/mol. The van der Waals surface area contributed by atoms with Crippen LogP contribution in [0.3, 0.4) is 0 Å². The molecule has 4 heteroatoms. The molecule has 0 aliphatic heterocycles. The first-order valence-electron chi connectivity index (χ1n) is 7.36. The highest BCUT2D eigenvalue weighted by molar-refractivity contribution is 9.11. The van der Waals surface area contributed by atoms with E-state index >= 15 is 0 Å². The zero-order valence-corrected chi connectivity index (χ0v) is 15.3. The molecule has 1 fully saturated rings. The van der Waals surface area contributed by atoms with Gasteiger partial charge in [-0.1, -0.05) is 13.8 Å². The summed E-state index contributed by atoms with van der Waals surface area (Å²) in [5.41, 5.74) is 6.84. The molecule has 0 aromatic heterocycles. The van der Waals surface area contributed by atoms with Crippen LogP contribution in [-0.4, -0.2) is 12.6 Å². The molecule has 20 heavy (non-hydrogen) atoms. The van der Waals surface area contributed by atoms with Crippen molar-refractivity contribution in [3.8, 4) is 5.75 Å². The average Bonchev–Trinajstić information content (AvgIpc) is 2.38. The number of rotatable bonds is 4.